The van der Waals surface area contributed by atoms with Gasteiger partial charge >= 0.3 is 0 Å². The average Bonchev–Trinajstić information content (AvgIpc) is 3.27. The highest BCUT2D eigenvalue weighted by Crippen LogP contribution is 2.33. The molecule has 1 aromatic heterocycles. The monoisotopic (exact) mass is 419 g/mol. The lowest BCUT2D eigenvalue weighted by molar-refractivity contribution is -0.181. The number of hydrogen-bond donors (Lipinski definition) is 1. The molecule has 2 fully saturated rings. The maximum absolute atomic E-state index is 13.5. The van der Waals surface area contributed by atoms with Gasteiger partial charge in [-0.1, -0.05) is 18.2 Å². The Bertz CT molecular complexity index is 1080. The summed E-state index contributed by atoms with van der Waals surface area (Å²) >= 11 is 0. The highest BCUT2D eigenvalue weighted by atomic mass is 16.7. The second-order valence-corrected chi connectivity index (χ2v) is 7.83. The number of anilines is 2. The first-order valence-corrected chi connectivity index (χ1v) is 10.5. The second-order valence-electron chi connectivity index (χ2n) is 7.83. The van der Waals surface area contributed by atoms with Crippen LogP contribution in [0.25, 0.3) is 10.9 Å². The number of amides is 1. The molecule has 1 amide bonds. The SMILES string of the molecule is COc1ccc(Nc2cc(C(=O)N3CCC4(CC3)OCCO4)c3ccccc3n2)cc1. The molecule has 0 aliphatic carbocycles. The quantitative estimate of drug-likeness (QED) is 0.690. The number of fused-ring (bicyclic) bond motifs is 1. The molecule has 1 N–H and O–H groups in total. The van der Waals surface area contributed by atoms with Crippen LogP contribution in [0.3, 0.4) is 0 Å². The fourth-order valence-electron chi connectivity index (χ4n) is 4.25. The summed E-state index contributed by atoms with van der Waals surface area (Å²) in [6.07, 6.45) is 1.39. The highest BCUT2D eigenvalue weighted by Gasteiger charge is 2.41. The lowest BCUT2D eigenvalue weighted by atomic mass is 10.0. The van der Waals surface area contributed by atoms with Gasteiger partial charge in [0, 0.05) is 37.0 Å². The molecule has 7 nitrogen and oxygen atoms in total. The van der Waals surface area contributed by atoms with Crippen molar-refractivity contribution in [1.82, 2.24) is 9.88 Å². The van der Waals surface area contributed by atoms with Gasteiger partial charge in [-0.3, -0.25) is 4.79 Å². The molecule has 2 aromatic carbocycles. The molecule has 1 spiro atoms. The number of piperidine rings is 1. The molecule has 7 heteroatoms. The fraction of sp³-hybridized carbons (Fsp3) is 0.333. The summed E-state index contributed by atoms with van der Waals surface area (Å²) < 4.78 is 16.8. The van der Waals surface area contributed by atoms with Crippen molar-refractivity contribution in [2.24, 2.45) is 0 Å². The molecular formula is C24H25N3O4. The van der Waals surface area contributed by atoms with Gasteiger partial charge in [0.2, 0.25) is 0 Å². The molecular weight excluding hydrogens is 394 g/mol. The van der Waals surface area contributed by atoms with Crippen LogP contribution in [0, 0.1) is 0 Å². The van der Waals surface area contributed by atoms with Crippen molar-refractivity contribution in [2.45, 2.75) is 18.6 Å². The number of rotatable bonds is 4. The Morgan fingerprint density at radius 1 is 1.06 bits per heavy atom. The third-order valence-corrected chi connectivity index (χ3v) is 5.94. The number of nitrogens with zero attached hydrogens (tertiary/aromatic N) is 2. The second kappa shape index (κ2) is 8.17. The maximum atomic E-state index is 13.5. The molecule has 0 saturated carbocycles. The summed E-state index contributed by atoms with van der Waals surface area (Å²) in [5.41, 5.74) is 2.29. The fourth-order valence-corrected chi connectivity index (χ4v) is 4.25. The molecule has 31 heavy (non-hydrogen) atoms. The third-order valence-electron chi connectivity index (χ3n) is 5.94. The summed E-state index contributed by atoms with van der Waals surface area (Å²) in [5.74, 6) is 0.913. The van der Waals surface area contributed by atoms with E-state index in [1.54, 1.807) is 7.11 Å². The van der Waals surface area contributed by atoms with Crippen molar-refractivity contribution < 1.29 is 19.0 Å². The van der Waals surface area contributed by atoms with E-state index in [4.69, 9.17) is 19.2 Å². The Hall–Kier alpha value is -3.16. The zero-order valence-corrected chi connectivity index (χ0v) is 17.5. The molecule has 2 saturated heterocycles. The Kier molecular flexibility index (Phi) is 5.21. The van der Waals surface area contributed by atoms with Gasteiger partial charge in [-0.2, -0.15) is 0 Å². The summed E-state index contributed by atoms with van der Waals surface area (Å²) in [6.45, 7) is 2.47. The highest BCUT2D eigenvalue weighted by molar-refractivity contribution is 6.07. The van der Waals surface area contributed by atoms with Crippen LogP contribution >= 0.6 is 0 Å². The number of carbonyl (C=O) groups is 1. The van der Waals surface area contributed by atoms with E-state index < -0.39 is 5.79 Å². The number of likely N-dealkylation sites (tertiary alicyclic amines) is 1. The first-order valence-electron chi connectivity index (χ1n) is 10.5. The number of nitrogens with one attached hydrogen (secondary N) is 1. The minimum absolute atomic E-state index is 0.00391. The van der Waals surface area contributed by atoms with E-state index in [1.807, 2.05) is 59.5 Å². The van der Waals surface area contributed by atoms with E-state index in [2.05, 4.69) is 5.32 Å². The molecule has 2 aliphatic heterocycles. The summed E-state index contributed by atoms with van der Waals surface area (Å²) in [6, 6.07) is 17.2. The average molecular weight is 419 g/mol. The van der Waals surface area contributed by atoms with Crippen molar-refractivity contribution in [3.8, 4) is 5.75 Å². The summed E-state index contributed by atoms with van der Waals surface area (Å²) in [7, 11) is 1.64. The van der Waals surface area contributed by atoms with E-state index in [0.29, 0.717) is 50.5 Å². The maximum Gasteiger partial charge on any atom is 0.254 e. The first kappa shape index (κ1) is 19.8. The van der Waals surface area contributed by atoms with E-state index in [1.165, 1.54) is 0 Å². The van der Waals surface area contributed by atoms with Crippen LogP contribution in [-0.4, -0.2) is 55.0 Å². The number of para-hydroxylation sites is 1. The molecule has 5 rings (SSSR count). The van der Waals surface area contributed by atoms with Crippen LogP contribution in [0.2, 0.25) is 0 Å². The lowest BCUT2D eigenvalue weighted by Gasteiger charge is -2.37. The third kappa shape index (κ3) is 3.94. The minimum Gasteiger partial charge on any atom is -0.497 e. The number of hydrogen-bond acceptors (Lipinski definition) is 6. The Morgan fingerprint density at radius 3 is 2.48 bits per heavy atom. The molecule has 0 bridgehead atoms. The standard InChI is InChI=1S/C24H25N3O4/c1-29-18-8-6-17(7-9-18)25-22-16-20(19-4-2-3-5-21(19)26-22)23(28)27-12-10-24(11-13-27)30-14-15-31-24/h2-9,16H,10-15H2,1H3,(H,25,26). The van der Waals surface area contributed by atoms with Crippen molar-refractivity contribution in [2.75, 3.05) is 38.7 Å². The van der Waals surface area contributed by atoms with Gasteiger partial charge in [-0.15, -0.1) is 0 Å². The van der Waals surface area contributed by atoms with Gasteiger partial charge in [0.1, 0.15) is 11.6 Å². The van der Waals surface area contributed by atoms with Crippen LogP contribution in [0.15, 0.2) is 54.6 Å². The summed E-state index contributed by atoms with van der Waals surface area (Å²) in [5, 5.41) is 4.16. The Labute approximate surface area is 180 Å². The number of carbonyl (C=O) groups excluding carboxylic acids is 1. The van der Waals surface area contributed by atoms with Crippen LogP contribution < -0.4 is 10.1 Å². The number of pyridine rings is 1. The normalized spacial score (nSPS) is 17.8. The van der Waals surface area contributed by atoms with Crippen LogP contribution in [0.1, 0.15) is 23.2 Å². The summed E-state index contributed by atoms with van der Waals surface area (Å²) in [4.78, 5) is 20.1. The molecule has 3 aromatic rings. The molecule has 0 atom stereocenters. The van der Waals surface area contributed by atoms with Crippen molar-refractivity contribution in [3.05, 3.63) is 60.2 Å². The van der Waals surface area contributed by atoms with E-state index in [-0.39, 0.29) is 5.91 Å². The number of aromatic nitrogens is 1. The lowest BCUT2D eigenvalue weighted by Crippen LogP contribution is -2.47. The van der Waals surface area contributed by atoms with Gasteiger partial charge in [-0.25, -0.2) is 4.98 Å². The number of benzene rings is 2. The smallest absolute Gasteiger partial charge is 0.254 e. The van der Waals surface area contributed by atoms with Gasteiger partial charge < -0.3 is 24.4 Å². The van der Waals surface area contributed by atoms with Gasteiger partial charge in [0.25, 0.3) is 5.91 Å². The molecule has 0 radical (unpaired) electrons. The zero-order chi connectivity index (χ0) is 21.3. The van der Waals surface area contributed by atoms with E-state index in [9.17, 15) is 4.79 Å². The largest absolute Gasteiger partial charge is 0.497 e. The van der Waals surface area contributed by atoms with E-state index in [0.717, 1.165) is 22.3 Å². The number of ether oxygens (including phenoxy) is 3. The van der Waals surface area contributed by atoms with Crippen LogP contribution in [-0.2, 0) is 9.47 Å². The molecule has 160 valence electrons. The predicted molar refractivity (Wildman–Crippen MR) is 118 cm³/mol. The van der Waals surface area contributed by atoms with Crippen LogP contribution in [0.5, 0.6) is 5.75 Å². The predicted octanol–water partition coefficient (Wildman–Crippen LogP) is 3.97. The molecule has 3 heterocycles. The van der Waals surface area contributed by atoms with Gasteiger partial charge in [0.15, 0.2) is 5.79 Å². The van der Waals surface area contributed by atoms with E-state index >= 15 is 0 Å². The van der Waals surface area contributed by atoms with Crippen molar-refractivity contribution in [1.29, 1.82) is 0 Å². The zero-order valence-electron chi connectivity index (χ0n) is 17.5. The van der Waals surface area contributed by atoms with Gasteiger partial charge in [0.05, 0.1) is 31.4 Å². The Balaban J connectivity index is 1.42. The van der Waals surface area contributed by atoms with Gasteiger partial charge in [-0.05, 0) is 36.4 Å². The molecule has 2 aliphatic rings. The Morgan fingerprint density at radius 2 is 1.77 bits per heavy atom. The van der Waals surface area contributed by atoms with Crippen molar-refractivity contribution >= 4 is 28.3 Å². The molecule has 0 unspecified atom stereocenters. The van der Waals surface area contributed by atoms with Crippen LogP contribution in [0.4, 0.5) is 11.5 Å². The minimum atomic E-state index is -0.502. The topological polar surface area (TPSA) is 72.9 Å². The van der Waals surface area contributed by atoms with Crippen molar-refractivity contribution in [3.63, 3.8) is 0 Å². The number of methoxy groups -OCH3 is 1. The first-order chi connectivity index (χ1) is 15.2.